The van der Waals surface area contributed by atoms with Crippen LogP contribution in [0.25, 0.3) is 0 Å². The van der Waals surface area contributed by atoms with Crippen LogP contribution < -0.4 is 0 Å². The molecule has 9 heteroatoms. The van der Waals surface area contributed by atoms with Crippen molar-refractivity contribution >= 4 is 33.6 Å². The summed E-state index contributed by atoms with van der Waals surface area (Å²) >= 11 is 6.21. The van der Waals surface area contributed by atoms with Gasteiger partial charge in [-0.05, 0) is 66.3 Å². The predicted molar refractivity (Wildman–Crippen MR) is 141 cm³/mol. The highest BCUT2D eigenvalue weighted by molar-refractivity contribution is 7.89. The van der Waals surface area contributed by atoms with Gasteiger partial charge in [-0.25, -0.2) is 18.0 Å². The Morgan fingerprint density at radius 3 is 2.57 bits per heavy atom. The molecule has 0 unspecified atom stereocenters. The van der Waals surface area contributed by atoms with Crippen molar-refractivity contribution in [1.82, 2.24) is 4.31 Å². The van der Waals surface area contributed by atoms with Gasteiger partial charge in [-0.1, -0.05) is 63.1 Å². The quantitative estimate of drug-likeness (QED) is 0.440. The highest BCUT2D eigenvalue weighted by Crippen LogP contribution is 2.35. The molecule has 0 radical (unpaired) electrons. The van der Waals surface area contributed by atoms with Gasteiger partial charge in [0.2, 0.25) is 10.0 Å². The summed E-state index contributed by atoms with van der Waals surface area (Å²) in [5.41, 5.74) is 1.97. The van der Waals surface area contributed by atoms with Gasteiger partial charge in [0.1, 0.15) is 6.10 Å². The molecular weight excluding hydrogens is 514 g/mol. The first-order valence-electron chi connectivity index (χ1n) is 12.8. The van der Waals surface area contributed by atoms with Gasteiger partial charge < -0.3 is 9.47 Å². The maximum absolute atomic E-state index is 13.3. The van der Waals surface area contributed by atoms with Crippen LogP contribution in [0.1, 0.15) is 61.5 Å². The molecule has 2 aromatic rings. The van der Waals surface area contributed by atoms with E-state index in [2.05, 4.69) is 20.8 Å². The number of fused-ring (bicyclic) bond motifs is 1. The molecule has 2 aliphatic rings. The zero-order chi connectivity index (χ0) is 26.7. The standard InChI is InChI=1S/C28H34ClNO6S/c1-18(2)23-10-8-19(3)14-26(23)36-27(31)17-35-28(32)24-15-22(9-11-25(24)29)37(33,34)30-13-12-20-6-4-5-7-21(20)16-30/h4-7,9,11,15,18-19,23,26H,8,10,12-14,16-17H2,1-3H3/t19-,23-,26+/m1/s1. The van der Waals surface area contributed by atoms with Gasteiger partial charge in [-0.2, -0.15) is 4.31 Å². The van der Waals surface area contributed by atoms with Crippen molar-refractivity contribution in [1.29, 1.82) is 0 Å². The van der Waals surface area contributed by atoms with Gasteiger partial charge in [0.25, 0.3) is 0 Å². The monoisotopic (exact) mass is 547 g/mol. The number of benzene rings is 2. The molecule has 1 fully saturated rings. The number of carbonyl (C=O) groups is 2. The number of rotatable bonds is 7. The first kappa shape index (κ1) is 27.6. The SMILES string of the molecule is CC(C)[C@H]1CC[C@@H](C)C[C@@H]1OC(=O)COC(=O)c1cc(S(=O)(=O)N2CCc3ccccc3C2)ccc1Cl. The summed E-state index contributed by atoms with van der Waals surface area (Å²) in [6, 6.07) is 11.7. The van der Waals surface area contributed by atoms with Gasteiger partial charge in [-0.15, -0.1) is 0 Å². The molecule has 0 bridgehead atoms. The van der Waals surface area contributed by atoms with E-state index < -0.39 is 28.6 Å². The summed E-state index contributed by atoms with van der Waals surface area (Å²) in [4.78, 5) is 25.2. The molecule has 1 aliphatic carbocycles. The molecule has 200 valence electrons. The number of sulfonamides is 1. The first-order chi connectivity index (χ1) is 17.6. The van der Waals surface area contributed by atoms with Crippen LogP contribution in [0.4, 0.5) is 0 Å². The van der Waals surface area contributed by atoms with Gasteiger partial charge in [-0.3, -0.25) is 0 Å². The van der Waals surface area contributed by atoms with E-state index in [1.165, 1.54) is 22.5 Å². The fourth-order valence-electron chi connectivity index (χ4n) is 5.30. The van der Waals surface area contributed by atoms with Crippen molar-refractivity contribution in [2.75, 3.05) is 13.2 Å². The minimum Gasteiger partial charge on any atom is -0.460 e. The molecule has 37 heavy (non-hydrogen) atoms. The second-order valence-electron chi connectivity index (χ2n) is 10.4. The number of esters is 2. The third-order valence-electron chi connectivity index (χ3n) is 7.46. The molecule has 1 aliphatic heterocycles. The molecule has 1 heterocycles. The third-order valence-corrected chi connectivity index (χ3v) is 9.63. The summed E-state index contributed by atoms with van der Waals surface area (Å²) in [5.74, 6) is -0.378. The highest BCUT2D eigenvalue weighted by atomic mass is 35.5. The Hall–Kier alpha value is -2.42. The van der Waals surface area contributed by atoms with Crippen molar-refractivity contribution in [3.05, 3.63) is 64.2 Å². The van der Waals surface area contributed by atoms with E-state index in [4.69, 9.17) is 21.1 Å². The van der Waals surface area contributed by atoms with Crippen molar-refractivity contribution in [3.63, 3.8) is 0 Å². The Balaban J connectivity index is 1.42. The van der Waals surface area contributed by atoms with E-state index in [-0.39, 0.29) is 34.0 Å². The zero-order valence-corrected chi connectivity index (χ0v) is 23.1. The van der Waals surface area contributed by atoms with Crippen LogP contribution in [-0.2, 0) is 37.3 Å². The van der Waals surface area contributed by atoms with Gasteiger partial charge >= 0.3 is 11.9 Å². The van der Waals surface area contributed by atoms with E-state index in [1.807, 2.05) is 24.3 Å². The molecule has 4 rings (SSSR count). The fourth-order valence-corrected chi connectivity index (χ4v) is 6.94. The van der Waals surface area contributed by atoms with Crippen LogP contribution in [0.15, 0.2) is 47.4 Å². The Labute approximate surface area is 224 Å². The van der Waals surface area contributed by atoms with Crippen LogP contribution in [0.2, 0.25) is 5.02 Å². The molecular formula is C28H34ClNO6S. The lowest BCUT2D eigenvalue weighted by atomic mass is 9.75. The van der Waals surface area contributed by atoms with E-state index in [1.54, 1.807) is 0 Å². The number of halogens is 1. The Bertz CT molecular complexity index is 1260. The minimum atomic E-state index is -3.87. The summed E-state index contributed by atoms with van der Waals surface area (Å²) < 4.78 is 38.9. The molecule has 2 aromatic carbocycles. The summed E-state index contributed by atoms with van der Waals surface area (Å²) in [6.07, 6.45) is 3.29. The van der Waals surface area contributed by atoms with Crippen LogP contribution in [0.5, 0.6) is 0 Å². The van der Waals surface area contributed by atoms with Gasteiger partial charge in [0, 0.05) is 13.1 Å². The normalized spacial score (nSPS) is 22.4. The van der Waals surface area contributed by atoms with E-state index in [0.29, 0.717) is 24.8 Å². The predicted octanol–water partition coefficient (Wildman–Crippen LogP) is 5.25. The second kappa shape index (κ2) is 11.5. The van der Waals surface area contributed by atoms with Gasteiger partial charge in [0.15, 0.2) is 6.61 Å². The Kier molecular flexibility index (Phi) is 8.61. The number of ether oxygens (including phenoxy) is 2. The summed E-state index contributed by atoms with van der Waals surface area (Å²) in [6.45, 7) is 6.41. The van der Waals surface area contributed by atoms with Crippen LogP contribution in [0.3, 0.4) is 0 Å². The maximum Gasteiger partial charge on any atom is 0.344 e. The number of nitrogens with zero attached hydrogens (tertiary/aromatic N) is 1. The topological polar surface area (TPSA) is 90.0 Å². The largest absolute Gasteiger partial charge is 0.460 e. The third kappa shape index (κ3) is 6.36. The van der Waals surface area contributed by atoms with E-state index in [0.717, 1.165) is 30.4 Å². The molecule has 0 amide bonds. The fraction of sp³-hybridized carbons (Fsp3) is 0.500. The summed E-state index contributed by atoms with van der Waals surface area (Å²) in [7, 11) is -3.87. The second-order valence-corrected chi connectivity index (χ2v) is 12.8. The Morgan fingerprint density at radius 2 is 1.84 bits per heavy atom. The Morgan fingerprint density at radius 1 is 1.11 bits per heavy atom. The van der Waals surface area contributed by atoms with Crippen molar-refractivity contribution in [2.45, 2.75) is 64.0 Å². The lowest BCUT2D eigenvalue weighted by molar-refractivity contribution is -0.159. The minimum absolute atomic E-state index is 0.0438. The van der Waals surface area contributed by atoms with Crippen LogP contribution >= 0.6 is 11.6 Å². The number of hydrogen-bond donors (Lipinski definition) is 0. The van der Waals surface area contributed by atoms with Crippen molar-refractivity contribution in [3.8, 4) is 0 Å². The molecule has 0 aromatic heterocycles. The molecule has 0 N–H and O–H groups in total. The molecule has 7 nitrogen and oxygen atoms in total. The van der Waals surface area contributed by atoms with Crippen LogP contribution in [-0.4, -0.2) is 43.9 Å². The van der Waals surface area contributed by atoms with E-state index >= 15 is 0 Å². The molecule has 0 saturated heterocycles. The molecule has 0 spiro atoms. The highest BCUT2D eigenvalue weighted by Gasteiger charge is 2.34. The summed E-state index contributed by atoms with van der Waals surface area (Å²) in [5, 5.41) is 0.0438. The maximum atomic E-state index is 13.3. The first-order valence-corrected chi connectivity index (χ1v) is 14.6. The molecule has 3 atom stereocenters. The number of hydrogen-bond acceptors (Lipinski definition) is 6. The average molecular weight is 548 g/mol. The smallest absolute Gasteiger partial charge is 0.344 e. The van der Waals surface area contributed by atoms with Crippen molar-refractivity contribution in [2.24, 2.45) is 17.8 Å². The van der Waals surface area contributed by atoms with Gasteiger partial charge in [0.05, 0.1) is 15.5 Å². The lowest BCUT2D eigenvalue weighted by Crippen LogP contribution is -2.37. The average Bonchev–Trinajstić information content (AvgIpc) is 2.87. The molecule has 1 saturated carbocycles. The van der Waals surface area contributed by atoms with Crippen molar-refractivity contribution < 1.29 is 27.5 Å². The zero-order valence-electron chi connectivity index (χ0n) is 21.5. The van der Waals surface area contributed by atoms with E-state index in [9.17, 15) is 18.0 Å². The lowest BCUT2D eigenvalue weighted by Gasteiger charge is -2.36. The van der Waals surface area contributed by atoms with Crippen LogP contribution in [0, 0.1) is 17.8 Å². The number of carbonyl (C=O) groups excluding carboxylic acids is 2.